The summed E-state index contributed by atoms with van der Waals surface area (Å²) in [5, 5.41) is 5.81. The Labute approximate surface area is 169 Å². The molecule has 1 heterocycles. The van der Waals surface area contributed by atoms with Crippen molar-refractivity contribution in [3.8, 4) is 0 Å². The molecule has 0 radical (unpaired) electrons. The minimum absolute atomic E-state index is 0.102. The van der Waals surface area contributed by atoms with Gasteiger partial charge in [0.1, 0.15) is 19.0 Å². The van der Waals surface area contributed by atoms with Gasteiger partial charge in [0, 0.05) is 26.1 Å². The van der Waals surface area contributed by atoms with Gasteiger partial charge in [-0.1, -0.05) is 48.0 Å². The first kappa shape index (κ1) is 20.7. The van der Waals surface area contributed by atoms with E-state index in [1.165, 1.54) is 30.1 Å². The number of benzene rings is 2. The maximum absolute atomic E-state index is 14.3. The molecule has 6 nitrogen and oxygen atoms in total. The predicted octanol–water partition coefficient (Wildman–Crippen LogP) is 2.92. The van der Waals surface area contributed by atoms with Crippen LogP contribution in [0.4, 0.5) is 4.39 Å². The summed E-state index contributed by atoms with van der Waals surface area (Å²) < 4.78 is 19.1. The third-order valence-corrected chi connectivity index (χ3v) is 4.88. The van der Waals surface area contributed by atoms with E-state index < -0.39 is 0 Å². The molecule has 0 N–H and O–H groups in total. The topological polar surface area (TPSA) is 62.2 Å². The molecule has 0 spiro atoms. The van der Waals surface area contributed by atoms with E-state index in [1.807, 2.05) is 31.2 Å². The van der Waals surface area contributed by atoms with E-state index in [9.17, 15) is 14.0 Å². The number of carbonyl (C=O) groups is 2. The van der Waals surface area contributed by atoms with Crippen molar-refractivity contribution < 1.29 is 18.7 Å². The number of halogens is 1. The summed E-state index contributed by atoms with van der Waals surface area (Å²) in [6, 6.07) is 13.8. The van der Waals surface area contributed by atoms with Crippen LogP contribution >= 0.6 is 0 Å². The molecule has 0 bridgehead atoms. The minimum Gasteiger partial charge on any atom is -0.375 e. The van der Waals surface area contributed by atoms with E-state index in [-0.39, 0.29) is 36.8 Å². The Kier molecular flexibility index (Phi) is 6.39. The molecule has 0 aliphatic carbocycles. The second-order valence-corrected chi connectivity index (χ2v) is 7.08. The summed E-state index contributed by atoms with van der Waals surface area (Å²) in [4.78, 5) is 26.2. The smallest absolute Gasteiger partial charge is 0.262 e. The Morgan fingerprint density at radius 3 is 2.55 bits per heavy atom. The van der Waals surface area contributed by atoms with Gasteiger partial charge in [-0.15, -0.1) is 0 Å². The van der Waals surface area contributed by atoms with Crippen molar-refractivity contribution in [1.82, 2.24) is 9.91 Å². The number of aryl methyl sites for hydroxylation is 1. The molecule has 0 saturated carbocycles. The van der Waals surface area contributed by atoms with E-state index in [2.05, 4.69) is 5.10 Å². The van der Waals surface area contributed by atoms with Crippen LogP contribution in [0.1, 0.15) is 29.2 Å². The van der Waals surface area contributed by atoms with E-state index in [1.54, 1.807) is 18.2 Å². The fourth-order valence-corrected chi connectivity index (χ4v) is 3.24. The number of ether oxygens (including phenoxy) is 1. The molecule has 2 aromatic rings. The third-order valence-electron chi connectivity index (χ3n) is 4.88. The van der Waals surface area contributed by atoms with Crippen LogP contribution in [0.5, 0.6) is 0 Å². The Balaban J connectivity index is 1.89. The Morgan fingerprint density at radius 2 is 1.90 bits per heavy atom. The van der Waals surface area contributed by atoms with Crippen LogP contribution in [-0.4, -0.2) is 54.7 Å². The lowest BCUT2D eigenvalue weighted by atomic mass is 9.97. The highest BCUT2D eigenvalue weighted by Gasteiger charge is 2.34. The number of hydrogen-bond acceptors (Lipinski definition) is 4. The number of rotatable bonds is 6. The predicted molar refractivity (Wildman–Crippen MR) is 108 cm³/mol. The monoisotopic (exact) mass is 397 g/mol. The van der Waals surface area contributed by atoms with Gasteiger partial charge in [-0.05, 0) is 18.6 Å². The van der Waals surface area contributed by atoms with Gasteiger partial charge in [0.2, 0.25) is 5.91 Å². The average molecular weight is 397 g/mol. The second kappa shape index (κ2) is 8.96. The zero-order valence-corrected chi connectivity index (χ0v) is 16.8. The summed E-state index contributed by atoms with van der Waals surface area (Å²) >= 11 is 0. The molecule has 29 heavy (non-hydrogen) atoms. The Morgan fingerprint density at radius 1 is 1.21 bits per heavy atom. The molecule has 7 heteroatoms. The van der Waals surface area contributed by atoms with Gasteiger partial charge in [0.25, 0.3) is 5.91 Å². The number of likely N-dealkylation sites (N-methyl/N-ethyl adjacent to an activating group) is 1. The van der Waals surface area contributed by atoms with Gasteiger partial charge in [0.15, 0.2) is 0 Å². The Bertz CT molecular complexity index is 927. The van der Waals surface area contributed by atoms with Crippen molar-refractivity contribution in [3.63, 3.8) is 0 Å². The number of carbonyl (C=O) groups excluding carboxylic acids is 2. The van der Waals surface area contributed by atoms with Crippen LogP contribution in [0.15, 0.2) is 53.6 Å². The molecule has 1 atom stereocenters. The van der Waals surface area contributed by atoms with Crippen LogP contribution in [0.2, 0.25) is 0 Å². The number of methoxy groups -OCH3 is 1. The molecule has 0 unspecified atom stereocenters. The molecule has 1 aliphatic rings. The fraction of sp³-hybridized carbons (Fsp3) is 0.318. The van der Waals surface area contributed by atoms with Gasteiger partial charge in [-0.25, -0.2) is 9.40 Å². The number of amides is 2. The molecule has 0 aromatic heterocycles. The number of hydrogen-bond donors (Lipinski definition) is 0. The molecule has 2 amide bonds. The first-order valence-corrected chi connectivity index (χ1v) is 9.34. The zero-order valence-electron chi connectivity index (χ0n) is 16.8. The summed E-state index contributed by atoms with van der Waals surface area (Å²) in [5.41, 5.74) is 2.89. The van der Waals surface area contributed by atoms with E-state index in [0.29, 0.717) is 17.7 Å². The maximum Gasteiger partial charge on any atom is 0.262 e. The van der Waals surface area contributed by atoms with Gasteiger partial charge in [-0.2, -0.15) is 5.10 Å². The molecular weight excluding hydrogens is 373 g/mol. The highest BCUT2D eigenvalue weighted by molar-refractivity contribution is 6.03. The van der Waals surface area contributed by atoms with Gasteiger partial charge >= 0.3 is 0 Å². The average Bonchev–Trinajstić information content (AvgIpc) is 3.14. The molecule has 0 saturated heterocycles. The van der Waals surface area contributed by atoms with Crippen molar-refractivity contribution in [1.29, 1.82) is 0 Å². The van der Waals surface area contributed by atoms with Crippen LogP contribution in [0, 0.1) is 12.7 Å². The fourth-order valence-electron chi connectivity index (χ4n) is 3.24. The van der Waals surface area contributed by atoms with E-state index in [0.717, 1.165) is 11.1 Å². The van der Waals surface area contributed by atoms with Crippen molar-refractivity contribution in [2.45, 2.75) is 19.4 Å². The van der Waals surface area contributed by atoms with Crippen molar-refractivity contribution >= 4 is 17.5 Å². The lowest BCUT2D eigenvalue weighted by molar-refractivity contribution is -0.142. The quantitative estimate of drug-likeness (QED) is 0.753. The molecule has 1 aliphatic heterocycles. The lowest BCUT2D eigenvalue weighted by Gasteiger charge is -2.25. The summed E-state index contributed by atoms with van der Waals surface area (Å²) in [6.07, 6.45) is 0.394. The highest BCUT2D eigenvalue weighted by Crippen LogP contribution is 2.33. The van der Waals surface area contributed by atoms with Gasteiger partial charge in [0.05, 0.1) is 11.8 Å². The minimum atomic E-state index is -0.379. The molecule has 2 aromatic carbocycles. The lowest BCUT2D eigenvalue weighted by Crippen LogP contribution is -2.40. The van der Waals surface area contributed by atoms with Crippen LogP contribution in [0.3, 0.4) is 0 Å². The SMILES string of the molecule is COCC(=O)N(C)CC(=O)N1N=C(c2ccccc2F)C[C@@H]1c1ccc(C)cc1. The normalized spacial score (nSPS) is 15.9. The van der Waals surface area contributed by atoms with Crippen LogP contribution in [0.25, 0.3) is 0 Å². The Hall–Kier alpha value is -3.06. The number of hydrazone groups is 1. The largest absolute Gasteiger partial charge is 0.375 e. The zero-order chi connectivity index (χ0) is 21.0. The molecule has 152 valence electrons. The highest BCUT2D eigenvalue weighted by atomic mass is 19.1. The van der Waals surface area contributed by atoms with Gasteiger partial charge in [-0.3, -0.25) is 9.59 Å². The second-order valence-electron chi connectivity index (χ2n) is 7.08. The first-order valence-electron chi connectivity index (χ1n) is 9.34. The van der Waals surface area contributed by atoms with Crippen molar-refractivity contribution in [3.05, 3.63) is 71.0 Å². The van der Waals surface area contributed by atoms with Gasteiger partial charge < -0.3 is 9.64 Å². The summed E-state index contributed by atoms with van der Waals surface area (Å²) in [5.74, 6) is -1.02. The molecule has 3 rings (SSSR count). The van der Waals surface area contributed by atoms with E-state index in [4.69, 9.17) is 4.74 Å². The van der Waals surface area contributed by atoms with Crippen molar-refractivity contribution in [2.75, 3.05) is 27.3 Å². The summed E-state index contributed by atoms with van der Waals surface area (Å²) in [6.45, 7) is 1.74. The number of nitrogens with zero attached hydrogens (tertiary/aromatic N) is 3. The third kappa shape index (κ3) is 4.68. The maximum atomic E-state index is 14.3. The van der Waals surface area contributed by atoms with Crippen molar-refractivity contribution in [2.24, 2.45) is 5.10 Å². The van der Waals surface area contributed by atoms with Crippen LogP contribution < -0.4 is 0 Å². The standard InChI is InChI=1S/C22H24FN3O3/c1-15-8-10-16(11-9-15)20-12-19(17-6-4-5-7-18(17)23)24-26(20)21(27)13-25(2)22(28)14-29-3/h4-11,20H,12-14H2,1-3H3/t20-/m1/s1. The van der Waals surface area contributed by atoms with E-state index >= 15 is 0 Å². The molecule has 0 fully saturated rings. The van der Waals surface area contributed by atoms with Crippen LogP contribution in [-0.2, 0) is 14.3 Å². The molecular formula is C22H24FN3O3. The first-order chi connectivity index (χ1) is 13.9. The summed E-state index contributed by atoms with van der Waals surface area (Å²) in [7, 11) is 2.96.